The van der Waals surface area contributed by atoms with E-state index < -0.39 is 0 Å². The molecule has 0 radical (unpaired) electrons. The standard InChI is InChI=1S/C18H26N4O2/c1-12-17(13(2)22(5)20-12)19-18(23)14(3)21(4)11-15-7-9-16(24-6)10-8-15/h7-10,14H,11H2,1-6H3,(H,19,23)/t14-/m0/s1. The summed E-state index contributed by atoms with van der Waals surface area (Å²) in [5, 5.41) is 7.33. The number of hydrogen-bond donors (Lipinski definition) is 1. The summed E-state index contributed by atoms with van der Waals surface area (Å²) in [5.74, 6) is 0.792. The summed E-state index contributed by atoms with van der Waals surface area (Å²) in [5.41, 5.74) is 3.71. The van der Waals surface area contributed by atoms with Gasteiger partial charge in [0.2, 0.25) is 5.91 Å². The van der Waals surface area contributed by atoms with Crippen LogP contribution in [-0.2, 0) is 18.4 Å². The minimum Gasteiger partial charge on any atom is -0.497 e. The molecule has 0 aliphatic rings. The van der Waals surface area contributed by atoms with Crippen LogP contribution in [0.2, 0.25) is 0 Å². The maximum absolute atomic E-state index is 12.5. The molecule has 1 aromatic carbocycles. The average molecular weight is 330 g/mol. The monoisotopic (exact) mass is 330 g/mol. The number of anilines is 1. The number of amides is 1. The number of likely N-dealkylation sites (N-methyl/N-ethyl adjacent to an activating group) is 1. The normalized spacial score (nSPS) is 12.3. The number of methoxy groups -OCH3 is 1. The highest BCUT2D eigenvalue weighted by Gasteiger charge is 2.21. The average Bonchev–Trinajstić information content (AvgIpc) is 2.81. The van der Waals surface area contributed by atoms with Crippen molar-refractivity contribution in [1.29, 1.82) is 0 Å². The number of carbonyl (C=O) groups is 1. The second kappa shape index (κ2) is 7.49. The molecule has 1 aromatic heterocycles. The predicted molar refractivity (Wildman–Crippen MR) is 95.2 cm³/mol. The van der Waals surface area contributed by atoms with Crippen LogP contribution in [0.3, 0.4) is 0 Å². The Morgan fingerprint density at radius 1 is 1.33 bits per heavy atom. The van der Waals surface area contributed by atoms with Gasteiger partial charge in [0.05, 0.1) is 30.2 Å². The second-order valence-electron chi connectivity index (χ2n) is 6.10. The van der Waals surface area contributed by atoms with E-state index in [1.807, 2.05) is 64.0 Å². The van der Waals surface area contributed by atoms with Gasteiger partial charge < -0.3 is 10.1 Å². The molecule has 130 valence electrons. The SMILES string of the molecule is COc1ccc(CN(C)[C@@H](C)C(=O)Nc2c(C)nn(C)c2C)cc1. The van der Waals surface area contributed by atoms with Gasteiger partial charge in [-0.25, -0.2) is 0 Å². The van der Waals surface area contributed by atoms with Crippen molar-refractivity contribution in [1.82, 2.24) is 14.7 Å². The Balaban J connectivity index is 2.01. The number of ether oxygens (including phenoxy) is 1. The van der Waals surface area contributed by atoms with Crippen molar-refractivity contribution in [2.75, 3.05) is 19.5 Å². The highest BCUT2D eigenvalue weighted by atomic mass is 16.5. The number of nitrogens with one attached hydrogen (secondary N) is 1. The van der Waals surface area contributed by atoms with E-state index in [0.717, 1.165) is 28.4 Å². The quantitative estimate of drug-likeness (QED) is 0.884. The maximum Gasteiger partial charge on any atom is 0.241 e. The van der Waals surface area contributed by atoms with Gasteiger partial charge in [0.15, 0.2) is 0 Å². The third kappa shape index (κ3) is 3.94. The van der Waals surface area contributed by atoms with Gasteiger partial charge in [-0.2, -0.15) is 5.10 Å². The molecule has 0 spiro atoms. The minimum atomic E-state index is -0.258. The van der Waals surface area contributed by atoms with Crippen LogP contribution in [0, 0.1) is 13.8 Å². The first-order valence-corrected chi connectivity index (χ1v) is 7.97. The lowest BCUT2D eigenvalue weighted by atomic mass is 10.1. The van der Waals surface area contributed by atoms with Gasteiger partial charge in [-0.3, -0.25) is 14.4 Å². The lowest BCUT2D eigenvalue weighted by Crippen LogP contribution is -2.39. The summed E-state index contributed by atoms with van der Waals surface area (Å²) in [6, 6.07) is 7.61. The van der Waals surface area contributed by atoms with E-state index in [1.54, 1.807) is 11.8 Å². The van der Waals surface area contributed by atoms with Crippen molar-refractivity contribution >= 4 is 11.6 Å². The van der Waals surface area contributed by atoms with E-state index in [2.05, 4.69) is 10.4 Å². The summed E-state index contributed by atoms with van der Waals surface area (Å²) >= 11 is 0. The molecular weight excluding hydrogens is 304 g/mol. The Hall–Kier alpha value is -2.34. The van der Waals surface area contributed by atoms with Crippen LogP contribution in [0.15, 0.2) is 24.3 Å². The van der Waals surface area contributed by atoms with Gasteiger partial charge in [-0.05, 0) is 45.5 Å². The van der Waals surface area contributed by atoms with E-state index in [1.165, 1.54) is 0 Å². The number of aryl methyl sites for hydroxylation is 2. The molecule has 24 heavy (non-hydrogen) atoms. The zero-order chi connectivity index (χ0) is 17.9. The summed E-state index contributed by atoms with van der Waals surface area (Å²) in [6.07, 6.45) is 0. The maximum atomic E-state index is 12.5. The predicted octanol–water partition coefficient (Wildman–Crippen LogP) is 2.50. The summed E-state index contributed by atoms with van der Waals surface area (Å²) in [6.45, 7) is 6.43. The lowest BCUT2D eigenvalue weighted by Gasteiger charge is -2.24. The molecule has 0 saturated heterocycles. The van der Waals surface area contributed by atoms with Crippen LogP contribution in [0.1, 0.15) is 23.9 Å². The molecule has 1 amide bonds. The van der Waals surface area contributed by atoms with Gasteiger partial charge in [-0.1, -0.05) is 12.1 Å². The zero-order valence-corrected chi connectivity index (χ0v) is 15.3. The molecule has 0 saturated carbocycles. The van der Waals surface area contributed by atoms with Gasteiger partial charge in [0.1, 0.15) is 5.75 Å². The summed E-state index contributed by atoms with van der Waals surface area (Å²) in [7, 11) is 5.46. The van der Waals surface area contributed by atoms with Crippen LogP contribution >= 0.6 is 0 Å². The third-order valence-corrected chi connectivity index (χ3v) is 4.39. The van der Waals surface area contributed by atoms with Gasteiger partial charge in [-0.15, -0.1) is 0 Å². The van der Waals surface area contributed by atoms with Crippen LogP contribution in [0.4, 0.5) is 5.69 Å². The van der Waals surface area contributed by atoms with Crippen molar-refractivity contribution in [3.63, 3.8) is 0 Å². The summed E-state index contributed by atoms with van der Waals surface area (Å²) in [4.78, 5) is 14.6. The van der Waals surface area contributed by atoms with Crippen molar-refractivity contribution in [3.05, 3.63) is 41.2 Å². The van der Waals surface area contributed by atoms with Gasteiger partial charge in [0.25, 0.3) is 0 Å². The third-order valence-electron chi connectivity index (χ3n) is 4.39. The Kier molecular flexibility index (Phi) is 5.62. The van der Waals surface area contributed by atoms with E-state index in [4.69, 9.17) is 4.74 Å². The molecule has 6 heteroatoms. The molecule has 1 N–H and O–H groups in total. The number of benzene rings is 1. The van der Waals surface area contributed by atoms with Gasteiger partial charge in [0, 0.05) is 13.6 Å². The van der Waals surface area contributed by atoms with Crippen LogP contribution < -0.4 is 10.1 Å². The van der Waals surface area contributed by atoms with Crippen LogP contribution in [-0.4, -0.2) is 40.8 Å². The molecule has 0 bridgehead atoms. The molecule has 0 fully saturated rings. The fourth-order valence-corrected chi connectivity index (χ4v) is 2.54. The number of carbonyl (C=O) groups excluding carboxylic acids is 1. The second-order valence-corrected chi connectivity index (χ2v) is 6.10. The highest BCUT2D eigenvalue weighted by Crippen LogP contribution is 2.19. The lowest BCUT2D eigenvalue weighted by molar-refractivity contribution is -0.120. The smallest absolute Gasteiger partial charge is 0.241 e. The molecule has 1 heterocycles. The number of aromatic nitrogens is 2. The number of rotatable bonds is 6. The molecule has 0 aliphatic heterocycles. The first-order valence-electron chi connectivity index (χ1n) is 7.97. The molecule has 1 atom stereocenters. The van der Waals surface area contributed by atoms with Crippen LogP contribution in [0.25, 0.3) is 0 Å². The zero-order valence-electron chi connectivity index (χ0n) is 15.3. The van der Waals surface area contributed by atoms with E-state index in [0.29, 0.717) is 6.54 Å². The molecule has 0 aliphatic carbocycles. The van der Waals surface area contributed by atoms with Crippen molar-refractivity contribution in [2.45, 2.75) is 33.4 Å². The first-order chi connectivity index (χ1) is 11.3. The van der Waals surface area contributed by atoms with Crippen molar-refractivity contribution < 1.29 is 9.53 Å². The fraction of sp³-hybridized carbons (Fsp3) is 0.444. The van der Waals surface area contributed by atoms with E-state index in [9.17, 15) is 4.79 Å². The van der Waals surface area contributed by atoms with Gasteiger partial charge >= 0.3 is 0 Å². The molecule has 6 nitrogen and oxygen atoms in total. The molecule has 2 aromatic rings. The fourth-order valence-electron chi connectivity index (χ4n) is 2.54. The largest absolute Gasteiger partial charge is 0.497 e. The van der Waals surface area contributed by atoms with E-state index >= 15 is 0 Å². The Labute approximate surface area is 143 Å². The molecule has 0 unspecified atom stereocenters. The molecule has 2 rings (SSSR count). The topological polar surface area (TPSA) is 59.4 Å². The number of hydrogen-bond acceptors (Lipinski definition) is 4. The van der Waals surface area contributed by atoms with Crippen molar-refractivity contribution in [2.24, 2.45) is 7.05 Å². The summed E-state index contributed by atoms with van der Waals surface area (Å²) < 4.78 is 6.94. The Morgan fingerprint density at radius 2 is 1.96 bits per heavy atom. The Bertz CT molecular complexity index is 707. The number of nitrogens with zero attached hydrogens (tertiary/aromatic N) is 3. The van der Waals surface area contributed by atoms with E-state index in [-0.39, 0.29) is 11.9 Å². The minimum absolute atomic E-state index is 0.0368. The highest BCUT2D eigenvalue weighted by molar-refractivity contribution is 5.95. The van der Waals surface area contributed by atoms with Crippen molar-refractivity contribution in [3.8, 4) is 5.75 Å². The Morgan fingerprint density at radius 3 is 2.46 bits per heavy atom. The van der Waals surface area contributed by atoms with Crippen LogP contribution in [0.5, 0.6) is 5.75 Å². The molecular formula is C18H26N4O2. The first kappa shape index (κ1) is 18.0.